The zero-order chi connectivity index (χ0) is 15.0. The normalized spacial score (nSPS) is 11.3. The number of halogens is 2. The molecule has 0 atom stereocenters. The highest BCUT2D eigenvalue weighted by Gasteiger charge is 2.13. The van der Waals surface area contributed by atoms with Crippen LogP contribution in [0.25, 0.3) is 5.52 Å². The zero-order valence-electron chi connectivity index (χ0n) is 11.5. The first kappa shape index (κ1) is 14.4. The van der Waals surface area contributed by atoms with E-state index in [2.05, 4.69) is 39.9 Å². The van der Waals surface area contributed by atoms with Crippen LogP contribution in [-0.2, 0) is 0 Å². The van der Waals surface area contributed by atoms with E-state index in [4.69, 9.17) is 16.3 Å². The largest absolute Gasteiger partial charge is 0.435 e. The molecule has 0 unspecified atom stereocenters. The SMILES string of the molecule is CC(C)c1cc2c(Oc3cc(Br)ccc3Cl)nccn2n1. The van der Waals surface area contributed by atoms with Gasteiger partial charge in [-0.15, -0.1) is 0 Å². The van der Waals surface area contributed by atoms with Gasteiger partial charge in [-0.2, -0.15) is 5.10 Å². The van der Waals surface area contributed by atoms with Crippen molar-refractivity contribution in [3.63, 3.8) is 0 Å². The van der Waals surface area contributed by atoms with Gasteiger partial charge in [0.2, 0.25) is 5.88 Å². The van der Waals surface area contributed by atoms with E-state index in [0.717, 1.165) is 15.7 Å². The lowest BCUT2D eigenvalue weighted by molar-refractivity contribution is 0.465. The van der Waals surface area contributed by atoms with Crippen LogP contribution in [0.1, 0.15) is 25.5 Å². The van der Waals surface area contributed by atoms with Gasteiger partial charge in [-0.3, -0.25) is 0 Å². The number of rotatable bonds is 3. The van der Waals surface area contributed by atoms with Gasteiger partial charge in [0.25, 0.3) is 0 Å². The topological polar surface area (TPSA) is 39.4 Å². The van der Waals surface area contributed by atoms with Crippen LogP contribution >= 0.6 is 27.5 Å². The molecule has 0 N–H and O–H groups in total. The van der Waals surface area contributed by atoms with Crippen LogP contribution in [0.15, 0.2) is 41.1 Å². The minimum atomic E-state index is 0.340. The lowest BCUT2D eigenvalue weighted by Gasteiger charge is -2.07. The highest BCUT2D eigenvalue weighted by atomic mass is 79.9. The summed E-state index contributed by atoms with van der Waals surface area (Å²) in [6.45, 7) is 4.20. The molecule has 4 nitrogen and oxygen atoms in total. The van der Waals surface area contributed by atoms with E-state index in [-0.39, 0.29) is 0 Å². The third-order valence-electron chi connectivity index (χ3n) is 3.06. The van der Waals surface area contributed by atoms with Crippen molar-refractivity contribution in [1.82, 2.24) is 14.6 Å². The Morgan fingerprint density at radius 2 is 2.10 bits per heavy atom. The van der Waals surface area contributed by atoms with E-state index < -0.39 is 0 Å². The number of nitrogens with zero attached hydrogens (tertiary/aromatic N) is 3. The van der Waals surface area contributed by atoms with Gasteiger partial charge in [0, 0.05) is 16.9 Å². The first-order valence-corrected chi connectivity index (χ1v) is 7.69. The molecule has 0 aliphatic rings. The maximum atomic E-state index is 6.16. The smallest absolute Gasteiger partial charge is 0.245 e. The summed E-state index contributed by atoms with van der Waals surface area (Å²) >= 11 is 9.56. The van der Waals surface area contributed by atoms with Crippen LogP contribution in [0, 0.1) is 0 Å². The minimum Gasteiger partial charge on any atom is -0.435 e. The summed E-state index contributed by atoms with van der Waals surface area (Å²) in [5.74, 6) is 1.38. The predicted octanol–water partition coefficient (Wildman–Crippen LogP) is 5.06. The van der Waals surface area contributed by atoms with Crippen LogP contribution in [0.2, 0.25) is 5.02 Å². The summed E-state index contributed by atoms with van der Waals surface area (Å²) in [4.78, 5) is 4.29. The van der Waals surface area contributed by atoms with E-state index >= 15 is 0 Å². The van der Waals surface area contributed by atoms with Crippen molar-refractivity contribution >= 4 is 33.0 Å². The Hall–Kier alpha value is -1.59. The summed E-state index contributed by atoms with van der Waals surface area (Å²) < 4.78 is 8.52. The fourth-order valence-corrected chi connectivity index (χ4v) is 2.43. The van der Waals surface area contributed by atoms with Crippen molar-refractivity contribution in [2.24, 2.45) is 0 Å². The minimum absolute atomic E-state index is 0.340. The van der Waals surface area contributed by atoms with Gasteiger partial charge in [-0.1, -0.05) is 41.4 Å². The molecule has 6 heteroatoms. The number of hydrogen-bond acceptors (Lipinski definition) is 3. The molecule has 1 aromatic carbocycles. The van der Waals surface area contributed by atoms with Gasteiger partial charge in [0.1, 0.15) is 11.3 Å². The molecule has 0 aliphatic heterocycles. The Labute approximate surface area is 135 Å². The quantitative estimate of drug-likeness (QED) is 0.650. The molecule has 0 spiro atoms. The van der Waals surface area contributed by atoms with E-state index in [9.17, 15) is 0 Å². The van der Waals surface area contributed by atoms with Gasteiger partial charge in [-0.25, -0.2) is 9.50 Å². The van der Waals surface area contributed by atoms with Gasteiger partial charge in [0.15, 0.2) is 0 Å². The van der Waals surface area contributed by atoms with E-state index in [1.54, 1.807) is 23.0 Å². The molecule has 21 heavy (non-hydrogen) atoms. The highest BCUT2D eigenvalue weighted by molar-refractivity contribution is 9.10. The lowest BCUT2D eigenvalue weighted by atomic mass is 10.1. The van der Waals surface area contributed by atoms with Crippen molar-refractivity contribution < 1.29 is 4.74 Å². The summed E-state index contributed by atoms with van der Waals surface area (Å²) in [6, 6.07) is 7.43. The fourth-order valence-electron chi connectivity index (χ4n) is 1.94. The molecule has 0 saturated carbocycles. The highest BCUT2D eigenvalue weighted by Crippen LogP contribution is 2.33. The van der Waals surface area contributed by atoms with Gasteiger partial charge in [0.05, 0.1) is 10.7 Å². The van der Waals surface area contributed by atoms with Gasteiger partial charge in [-0.05, 0) is 30.2 Å². The Kier molecular flexibility index (Phi) is 3.87. The monoisotopic (exact) mass is 365 g/mol. The number of benzene rings is 1. The third kappa shape index (κ3) is 2.89. The Balaban J connectivity index is 2.06. The van der Waals surface area contributed by atoms with Crippen LogP contribution in [0.4, 0.5) is 0 Å². The molecule has 0 bridgehead atoms. The molecule has 108 valence electrons. The van der Waals surface area contributed by atoms with Gasteiger partial charge >= 0.3 is 0 Å². The first-order chi connectivity index (χ1) is 10.0. The number of ether oxygens (including phenoxy) is 1. The summed E-state index contributed by atoms with van der Waals surface area (Å²) in [7, 11) is 0. The maximum absolute atomic E-state index is 6.16. The lowest BCUT2D eigenvalue weighted by Crippen LogP contribution is -1.94. The molecule has 3 aromatic rings. The number of aromatic nitrogens is 3. The number of fused-ring (bicyclic) bond motifs is 1. The second-order valence-electron chi connectivity index (χ2n) is 4.96. The second-order valence-corrected chi connectivity index (χ2v) is 6.29. The standard InChI is InChI=1S/C15H13BrClN3O/c1-9(2)12-8-13-15(18-5-6-20(13)19-12)21-14-7-10(16)3-4-11(14)17/h3-9H,1-2H3. The fraction of sp³-hybridized carbons (Fsp3) is 0.200. The van der Waals surface area contributed by atoms with Crippen molar-refractivity contribution in [1.29, 1.82) is 0 Å². The average molecular weight is 367 g/mol. The van der Waals surface area contributed by atoms with Crippen LogP contribution < -0.4 is 4.74 Å². The molecule has 0 fully saturated rings. The van der Waals surface area contributed by atoms with Crippen molar-refractivity contribution in [2.75, 3.05) is 0 Å². The molecule has 2 aromatic heterocycles. The molecule has 0 radical (unpaired) electrons. The molecule has 0 amide bonds. The van der Waals surface area contributed by atoms with Crippen molar-refractivity contribution in [2.45, 2.75) is 19.8 Å². The van der Waals surface area contributed by atoms with Crippen LogP contribution in [0.3, 0.4) is 0 Å². The van der Waals surface area contributed by atoms with E-state index in [1.165, 1.54) is 0 Å². The first-order valence-electron chi connectivity index (χ1n) is 6.52. The summed E-state index contributed by atoms with van der Waals surface area (Å²) in [6.07, 6.45) is 3.46. The zero-order valence-corrected chi connectivity index (χ0v) is 13.9. The number of hydrogen-bond donors (Lipinski definition) is 0. The summed E-state index contributed by atoms with van der Waals surface area (Å²) in [5.41, 5.74) is 1.81. The predicted molar refractivity (Wildman–Crippen MR) is 86.3 cm³/mol. The maximum Gasteiger partial charge on any atom is 0.245 e. The molecular formula is C15H13BrClN3O. The molecule has 3 rings (SSSR count). The molecule has 0 aliphatic carbocycles. The Morgan fingerprint density at radius 3 is 2.86 bits per heavy atom. The summed E-state index contributed by atoms with van der Waals surface area (Å²) in [5, 5.41) is 5.04. The molecular weight excluding hydrogens is 354 g/mol. The molecule has 2 heterocycles. The Morgan fingerprint density at radius 1 is 1.29 bits per heavy atom. The van der Waals surface area contributed by atoms with Crippen LogP contribution in [-0.4, -0.2) is 14.6 Å². The van der Waals surface area contributed by atoms with Crippen LogP contribution in [0.5, 0.6) is 11.6 Å². The second kappa shape index (κ2) is 5.66. The van der Waals surface area contributed by atoms with Gasteiger partial charge < -0.3 is 4.74 Å². The van der Waals surface area contributed by atoms with E-state index in [0.29, 0.717) is 22.6 Å². The average Bonchev–Trinajstić information content (AvgIpc) is 2.88. The van der Waals surface area contributed by atoms with E-state index in [1.807, 2.05) is 18.2 Å². The third-order valence-corrected chi connectivity index (χ3v) is 3.87. The Bertz CT molecular complexity index is 801. The molecule has 0 saturated heterocycles. The van der Waals surface area contributed by atoms with Crippen molar-refractivity contribution in [3.8, 4) is 11.6 Å². The van der Waals surface area contributed by atoms with Crippen molar-refractivity contribution in [3.05, 3.63) is 51.8 Å².